The van der Waals surface area contributed by atoms with E-state index in [1.165, 1.54) is 5.56 Å². The molecule has 5 heteroatoms. The molecule has 1 aromatic carbocycles. The van der Waals surface area contributed by atoms with Crippen LogP contribution in [-0.4, -0.2) is 25.0 Å². The lowest BCUT2D eigenvalue weighted by molar-refractivity contribution is -0.116. The lowest BCUT2D eigenvalue weighted by Crippen LogP contribution is -2.38. The summed E-state index contributed by atoms with van der Waals surface area (Å²) < 4.78 is 1.05. The molecule has 0 fully saturated rings. The molecular weight excluding hydrogens is 318 g/mol. The van der Waals surface area contributed by atoms with E-state index in [0.717, 1.165) is 29.7 Å². The zero-order chi connectivity index (χ0) is 15.1. The lowest BCUT2D eigenvalue weighted by Gasteiger charge is -2.28. The van der Waals surface area contributed by atoms with Crippen molar-refractivity contribution in [2.75, 3.05) is 18.0 Å². The van der Waals surface area contributed by atoms with Crippen LogP contribution in [0.25, 0.3) is 0 Å². The first-order valence-corrected chi connectivity index (χ1v) is 7.79. The zero-order valence-electron chi connectivity index (χ0n) is 12.4. The Morgan fingerprint density at radius 2 is 2.15 bits per heavy atom. The average molecular weight is 342 g/mol. The summed E-state index contributed by atoms with van der Waals surface area (Å²) in [6.45, 7) is 8.33. The van der Waals surface area contributed by atoms with Gasteiger partial charge in [-0.2, -0.15) is 0 Å². The predicted molar refractivity (Wildman–Crippen MR) is 87.8 cm³/mol. The van der Waals surface area contributed by atoms with Crippen molar-refractivity contribution in [1.29, 1.82) is 0 Å². The molecule has 1 aromatic rings. The Morgan fingerprint density at radius 3 is 2.65 bits per heavy atom. The fourth-order valence-electron chi connectivity index (χ4n) is 2.00. The van der Waals surface area contributed by atoms with Crippen LogP contribution in [0.5, 0.6) is 0 Å². The van der Waals surface area contributed by atoms with Crippen molar-refractivity contribution < 1.29 is 4.79 Å². The van der Waals surface area contributed by atoms with Crippen LogP contribution in [0.2, 0.25) is 0 Å². The number of amides is 1. The van der Waals surface area contributed by atoms with E-state index in [0.29, 0.717) is 0 Å². The largest absolute Gasteiger partial charge is 0.368 e. The number of halogens is 1. The van der Waals surface area contributed by atoms with E-state index in [-0.39, 0.29) is 18.5 Å². The molecule has 0 spiro atoms. The molecule has 0 unspecified atom stereocenters. The van der Waals surface area contributed by atoms with E-state index in [1.54, 1.807) is 0 Å². The second-order valence-corrected chi connectivity index (χ2v) is 5.99. The summed E-state index contributed by atoms with van der Waals surface area (Å²) in [6.07, 6.45) is 1.12. The predicted octanol–water partition coefficient (Wildman–Crippen LogP) is 2.65. The first kappa shape index (κ1) is 17.0. The number of benzene rings is 1. The molecular formula is C15H24BrN3O. The van der Waals surface area contributed by atoms with Gasteiger partial charge in [-0.3, -0.25) is 4.79 Å². The van der Waals surface area contributed by atoms with Crippen molar-refractivity contribution in [3.05, 3.63) is 28.2 Å². The third kappa shape index (κ3) is 5.13. The van der Waals surface area contributed by atoms with E-state index in [2.05, 4.69) is 34.2 Å². The molecule has 0 aromatic heterocycles. The molecule has 0 aliphatic rings. The van der Waals surface area contributed by atoms with Crippen LogP contribution in [0.15, 0.2) is 22.7 Å². The SMILES string of the molecule is CCCNCc1ccc(N(CC(N)=O)C(C)C)cc1Br. The number of carbonyl (C=O) groups excluding carboxylic acids is 1. The molecule has 0 aliphatic heterocycles. The maximum Gasteiger partial charge on any atom is 0.236 e. The smallest absolute Gasteiger partial charge is 0.236 e. The van der Waals surface area contributed by atoms with Crippen molar-refractivity contribution in [1.82, 2.24) is 5.32 Å². The topological polar surface area (TPSA) is 58.4 Å². The van der Waals surface area contributed by atoms with Gasteiger partial charge in [0.1, 0.15) is 0 Å². The summed E-state index contributed by atoms with van der Waals surface area (Å²) in [4.78, 5) is 13.2. The van der Waals surface area contributed by atoms with Gasteiger partial charge in [0.05, 0.1) is 6.54 Å². The van der Waals surface area contributed by atoms with Crippen molar-refractivity contribution in [2.45, 2.75) is 39.8 Å². The van der Waals surface area contributed by atoms with Gasteiger partial charge in [0.2, 0.25) is 5.91 Å². The van der Waals surface area contributed by atoms with Crippen LogP contribution in [-0.2, 0) is 11.3 Å². The molecule has 1 amide bonds. The zero-order valence-corrected chi connectivity index (χ0v) is 14.0. The number of rotatable bonds is 8. The summed E-state index contributed by atoms with van der Waals surface area (Å²) >= 11 is 3.60. The van der Waals surface area contributed by atoms with E-state index < -0.39 is 0 Å². The van der Waals surface area contributed by atoms with Gasteiger partial charge in [-0.25, -0.2) is 0 Å². The summed E-state index contributed by atoms with van der Waals surface area (Å²) in [6, 6.07) is 6.39. The number of anilines is 1. The number of hydrogen-bond acceptors (Lipinski definition) is 3. The van der Waals surface area contributed by atoms with Crippen LogP contribution in [0.1, 0.15) is 32.8 Å². The van der Waals surface area contributed by atoms with Gasteiger partial charge in [0.15, 0.2) is 0 Å². The summed E-state index contributed by atoms with van der Waals surface area (Å²) in [5.41, 5.74) is 7.53. The van der Waals surface area contributed by atoms with Crippen molar-refractivity contribution in [3.63, 3.8) is 0 Å². The molecule has 0 heterocycles. The quantitative estimate of drug-likeness (QED) is 0.714. The Kier molecular flexibility index (Phi) is 7.02. The maximum atomic E-state index is 11.2. The third-order valence-electron chi connectivity index (χ3n) is 3.06. The monoisotopic (exact) mass is 341 g/mol. The van der Waals surface area contributed by atoms with Crippen LogP contribution < -0.4 is 16.0 Å². The van der Waals surface area contributed by atoms with Crippen LogP contribution in [0.4, 0.5) is 5.69 Å². The lowest BCUT2D eigenvalue weighted by atomic mass is 10.1. The fraction of sp³-hybridized carbons (Fsp3) is 0.533. The van der Waals surface area contributed by atoms with E-state index in [9.17, 15) is 4.79 Å². The molecule has 1 rings (SSSR count). The van der Waals surface area contributed by atoms with Crippen molar-refractivity contribution in [3.8, 4) is 0 Å². The van der Waals surface area contributed by atoms with Crippen LogP contribution >= 0.6 is 15.9 Å². The van der Waals surface area contributed by atoms with Gasteiger partial charge in [0.25, 0.3) is 0 Å². The first-order valence-electron chi connectivity index (χ1n) is 6.99. The second kappa shape index (κ2) is 8.27. The highest BCUT2D eigenvalue weighted by Crippen LogP contribution is 2.25. The number of primary amides is 1. The maximum absolute atomic E-state index is 11.2. The number of nitrogens with two attached hydrogens (primary N) is 1. The van der Waals surface area contributed by atoms with Gasteiger partial charge in [-0.05, 0) is 44.5 Å². The van der Waals surface area contributed by atoms with Gasteiger partial charge in [-0.15, -0.1) is 0 Å². The van der Waals surface area contributed by atoms with Gasteiger partial charge >= 0.3 is 0 Å². The van der Waals surface area contributed by atoms with Gasteiger partial charge < -0.3 is 16.0 Å². The van der Waals surface area contributed by atoms with E-state index in [1.807, 2.05) is 30.9 Å². The Balaban J connectivity index is 2.85. The summed E-state index contributed by atoms with van der Waals surface area (Å²) in [5.74, 6) is -0.316. The molecule has 3 N–H and O–H groups in total. The Hall–Kier alpha value is -1.07. The molecule has 0 saturated heterocycles. The highest BCUT2D eigenvalue weighted by Gasteiger charge is 2.14. The molecule has 0 aliphatic carbocycles. The average Bonchev–Trinajstić information content (AvgIpc) is 2.37. The molecule has 112 valence electrons. The van der Waals surface area contributed by atoms with Crippen molar-refractivity contribution in [2.24, 2.45) is 5.73 Å². The minimum absolute atomic E-state index is 0.221. The first-order chi connectivity index (χ1) is 9.45. The Labute approximate surface area is 129 Å². The fourth-order valence-corrected chi connectivity index (χ4v) is 2.50. The highest BCUT2D eigenvalue weighted by molar-refractivity contribution is 9.10. The third-order valence-corrected chi connectivity index (χ3v) is 3.80. The Bertz CT molecular complexity index is 449. The van der Waals surface area contributed by atoms with E-state index >= 15 is 0 Å². The minimum Gasteiger partial charge on any atom is -0.368 e. The molecule has 0 radical (unpaired) electrons. The molecule has 0 saturated carbocycles. The molecule has 20 heavy (non-hydrogen) atoms. The molecule has 4 nitrogen and oxygen atoms in total. The summed E-state index contributed by atoms with van der Waals surface area (Å²) in [5, 5.41) is 3.38. The second-order valence-electron chi connectivity index (χ2n) is 5.14. The van der Waals surface area contributed by atoms with E-state index in [4.69, 9.17) is 5.73 Å². The van der Waals surface area contributed by atoms with Crippen LogP contribution in [0.3, 0.4) is 0 Å². The van der Waals surface area contributed by atoms with Crippen molar-refractivity contribution >= 4 is 27.5 Å². The molecule has 0 bridgehead atoms. The normalized spacial score (nSPS) is 10.8. The van der Waals surface area contributed by atoms with Gasteiger partial charge in [-0.1, -0.05) is 28.9 Å². The standard InChI is InChI=1S/C15H24BrN3O/c1-4-7-18-9-12-5-6-13(8-14(12)16)19(11(2)3)10-15(17)20/h5-6,8,11,18H,4,7,9-10H2,1-3H3,(H2,17,20). The van der Waals surface area contributed by atoms with Gasteiger partial charge in [0, 0.05) is 22.7 Å². The minimum atomic E-state index is -0.316. The van der Waals surface area contributed by atoms with Crippen LogP contribution in [0, 0.1) is 0 Å². The number of nitrogens with zero attached hydrogens (tertiary/aromatic N) is 1. The molecule has 0 atom stereocenters. The number of nitrogens with one attached hydrogen (secondary N) is 1. The number of carbonyl (C=O) groups is 1. The Morgan fingerprint density at radius 1 is 1.45 bits per heavy atom. The summed E-state index contributed by atoms with van der Waals surface area (Å²) in [7, 11) is 0. The highest BCUT2D eigenvalue weighted by atomic mass is 79.9. The number of hydrogen-bond donors (Lipinski definition) is 2.